The van der Waals surface area contributed by atoms with Crippen molar-refractivity contribution in [3.05, 3.63) is 80.8 Å². The number of carbonyl (C=O) groups excluding carboxylic acids is 1. The number of carbonyl (C=O) groups is 1. The molecular formula is C21H18Br2N2O2. The molecule has 0 fully saturated rings. The molecule has 0 aliphatic carbocycles. The minimum atomic E-state index is -0.423. The lowest BCUT2D eigenvalue weighted by Gasteiger charge is -2.14. The van der Waals surface area contributed by atoms with Gasteiger partial charge in [0.05, 0.1) is 15.0 Å². The number of hydrogen-bond donors (Lipinski definition) is 1. The number of nitrogens with zero attached hydrogens (tertiary/aromatic N) is 1. The van der Waals surface area contributed by atoms with E-state index in [0.29, 0.717) is 26.9 Å². The van der Waals surface area contributed by atoms with Crippen LogP contribution in [0, 0.1) is 11.3 Å². The summed E-state index contributed by atoms with van der Waals surface area (Å²) in [5.74, 6) is 0.209. The Bertz CT molecular complexity index is 879. The molecule has 2 aromatic rings. The van der Waals surface area contributed by atoms with Gasteiger partial charge in [0.15, 0.2) is 0 Å². The number of nitrogens with one attached hydrogen (secondary N) is 1. The molecule has 0 aromatic heterocycles. The number of halogens is 2. The summed E-state index contributed by atoms with van der Waals surface area (Å²) < 4.78 is 6.99. The third-order valence-electron chi connectivity index (χ3n) is 3.69. The van der Waals surface area contributed by atoms with Gasteiger partial charge in [0.1, 0.15) is 24.0 Å². The highest BCUT2D eigenvalue weighted by molar-refractivity contribution is 9.11. The van der Waals surface area contributed by atoms with Crippen LogP contribution in [-0.4, -0.2) is 12.5 Å². The average Bonchev–Trinajstić information content (AvgIpc) is 2.66. The molecule has 2 aromatic carbocycles. The summed E-state index contributed by atoms with van der Waals surface area (Å²) in [6.45, 7) is 5.87. The first-order valence-electron chi connectivity index (χ1n) is 8.16. The lowest BCUT2D eigenvalue weighted by Crippen LogP contribution is -2.27. The normalized spacial score (nSPS) is 12.0. The third-order valence-corrected chi connectivity index (χ3v) is 4.87. The summed E-state index contributed by atoms with van der Waals surface area (Å²) in [4.78, 5) is 12.5. The van der Waals surface area contributed by atoms with Crippen molar-refractivity contribution < 1.29 is 9.53 Å². The van der Waals surface area contributed by atoms with Crippen molar-refractivity contribution in [2.24, 2.45) is 0 Å². The molecule has 0 aliphatic heterocycles. The number of benzene rings is 2. The van der Waals surface area contributed by atoms with Crippen LogP contribution in [0.4, 0.5) is 0 Å². The summed E-state index contributed by atoms with van der Waals surface area (Å²) in [5.41, 5.74) is 1.69. The summed E-state index contributed by atoms with van der Waals surface area (Å²) in [5, 5.41) is 12.3. The van der Waals surface area contributed by atoms with E-state index in [1.54, 1.807) is 24.3 Å². The van der Waals surface area contributed by atoms with Gasteiger partial charge in [0.2, 0.25) is 0 Å². The van der Waals surface area contributed by atoms with Gasteiger partial charge >= 0.3 is 0 Å². The summed E-state index contributed by atoms with van der Waals surface area (Å²) >= 11 is 6.89. The van der Waals surface area contributed by atoms with Crippen LogP contribution in [0.2, 0.25) is 0 Å². The van der Waals surface area contributed by atoms with Crippen LogP contribution in [0.1, 0.15) is 24.1 Å². The molecule has 138 valence electrons. The predicted molar refractivity (Wildman–Crippen MR) is 114 cm³/mol. The molecule has 4 nitrogen and oxygen atoms in total. The second kappa shape index (κ2) is 10.1. The van der Waals surface area contributed by atoms with Crippen molar-refractivity contribution in [1.82, 2.24) is 5.32 Å². The average molecular weight is 490 g/mol. The van der Waals surface area contributed by atoms with Gasteiger partial charge in [-0.05, 0) is 68.1 Å². The smallest absolute Gasteiger partial charge is 0.262 e. The van der Waals surface area contributed by atoms with Gasteiger partial charge in [0.25, 0.3) is 5.91 Å². The van der Waals surface area contributed by atoms with Crippen molar-refractivity contribution in [2.45, 2.75) is 13.0 Å². The number of amides is 1. The van der Waals surface area contributed by atoms with Crippen LogP contribution in [0.25, 0.3) is 6.08 Å². The quantitative estimate of drug-likeness (QED) is 0.314. The fourth-order valence-electron chi connectivity index (χ4n) is 2.36. The number of hydrogen-bond acceptors (Lipinski definition) is 3. The van der Waals surface area contributed by atoms with Crippen LogP contribution in [0.15, 0.2) is 69.6 Å². The van der Waals surface area contributed by atoms with Crippen LogP contribution in [0.3, 0.4) is 0 Å². The molecule has 0 aliphatic rings. The molecule has 0 unspecified atom stereocenters. The second-order valence-corrected chi connectivity index (χ2v) is 7.40. The van der Waals surface area contributed by atoms with Crippen molar-refractivity contribution in [3.63, 3.8) is 0 Å². The molecule has 0 radical (unpaired) electrons. The SMILES string of the molecule is C=CCOc1c(Br)cc(/C=C(\C#N)C(=O)N[C@H](C)c2ccccc2)cc1Br. The Morgan fingerprint density at radius 2 is 1.93 bits per heavy atom. The van der Waals surface area contributed by atoms with E-state index in [1.807, 2.05) is 43.3 Å². The minimum absolute atomic E-state index is 0.0244. The van der Waals surface area contributed by atoms with Crippen LogP contribution in [0.5, 0.6) is 5.75 Å². The first-order chi connectivity index (χ1) is 13.0. The maximum Gasteiger partial charge on any atom is 0.262 e. The Morgan fingerprint density at radius 3 is 2.48 bits per heavy atom. The molecule has 1 N–H and O–H groups in total. The van der Waals surface area contributed by atoms with Crippen molar-refractivity contribution in [2.75, 3.05) is 6.61 Å². The largest absolute Gasteiger partial charge is 0.487 e. The molecule has 0 heterocycles. The van der Waals surface area contributed by atoms with Gasteiger partial charge in [-0.15, -0.1) is 0 Å². The van der Waals surface area contributed by atoms with Gasteiger partial charge in [-0.2, -0.15) is 5.26 Å². The van der Waals surface area contributed by atoms with Crippen molar-refractivity contribution in [1.29, 1.82) is 5.26 Å². The molecule has 27 heavy (non-hydrogen) atoms. The lowest BCUT2D eigenvalue weighted by atomic mass is 10.1. The molecule has 1 atom stereocenters. The first kappa shape index (κ1) is 20.9. The Kier molecular flexibility index (Phi) is 7.83. The van der Waals surface area contributed by atoms with E-state index in [4.69, 9.17) is 4.74 Å². The highest BCUT2D eigenvalue weighted by Gasteiger charge is 2.15. The molecule has 0 bridgehead atoms. The summed E-state index contributed by atoms with van der Waals surface area (Å²) in [6, 6.07) is 14.9. The highest BCUT2D eigenvalue weighted by Crippen LogP contribution is 2.35. The van der Waals surface area contributed by atoms with Gasteiger partial charge < -0.3 is 10.1 Å². The molecule has 1 amide bonds. The van der Waals surface area contributed by atoms with Crippen molar-refractivity contribution in [3.8, 4) is 11.8 Å². The minimum Gasteiger partial charge on any atom is -0.487 e. The monoisotopic (exact) mass is 488 g/mol. The van der Waals surface area contributed by atoms with E-state index in [1.165, 1.54) is 0 Å². The summed E-state index contributed by atoms with van der Waals surface area (Å²) in [6.07, 6.45) is 3.19. The molecule has 0 spiro atoms. The highest BCUT2D eigenvalue weighted by atomic mass is 79.9. The topological polar surface area (TPSA) is 62.1 Å². The van der Waals surface area contributed by atoms with Crippen LogP contribution < -0.4 is 10.1 Å². The Balaban J connectivity index is 2.21. The fraction of sp³-hybridized carbons (Fsp3) is 0.143. The lowest BCUT2D eigenvalue weighted by molar-refractivity contribution is -0.117. The van der Waals surface area contributed by atoms with Crippen LogP contribution >= 0.6 is 31.9 Å². The molecule has 0 saturated carbocycles. The zero-order valence-electron chi connectivity index (χ0n) is 14.7. The Morgan fingerprint density at radius 1 is 1.30 bits per heavy atom. The van der Waals surface area contributed by atoms with Crippen LogP contribution in [-0.2, 0) is 4.79 Å². The predicted octanol–water partition coefficient (Wildman–Crippen LogP) is 5.56. The maximum atomic E-state index is 12.5. The van der Waals surface area contributed by atoms with E-state index < -0.39 is 5.91 Å². The second-order valence-electron chi connectivity index (χ2n) is 5.69. The maximum absolute atomic E-state index is 12.5. The van der Waals surface area contributed by atoms with E-state index in [-0.39, 0.29) is 11.6 Å². The van der Waals surface area contributed by atoms with Gasteiger partial charge in [0, 0.05) is 0 Å². The van der Waals surface area contributed by atoms with E-state index >= 15 is 0 Å². The number of nitriles is 1. The molecule has 0 saturated heterocycles. The first-order valence-corrected chi connectivity index (χ1v) is 9.75. The Hall–Kier alpha value is -2.36. The molecular weight excluding hydrogens is 472 g/mol. The fourth-order valence-corrected chi connectivity index (χ4v) is 3.81. The van der Waals surface area contributed by atoms with E-state index in [0.717, 1.165) is 5.56 Å². The van der Waals surface area contributed by atoms with Gasteiger partial charge in [-0.3, -0.25) is 4.79 Å². The zero-order chi connectivity index (χ0) is 19.8. The zero-order valence-corrected chi connectivity index (χ0v) is 17.9. The number of rotatable bonds is 7. The standard InChI is InChI=1S/C21H18Br2N2O2/c1-3-9-27-20-18(22)11-15(12-19(20)23)10-17(13-24)21(26)25-14(2)16-7-5-4-6-8-16/h3-8,10-12,14H,1,9H2,2H3,(H,25,26)/b17-10+/t14-/m1/s1. The van der Waals surface area contributed by atoms with Gasteiger partial charge in [-0.1, -0.05) is 43.0 Å². The summed E-state index contributed by atoms with van der Waals surface area (Å²) in [7, 11) is 0. The Labute approximate surface area is 175 Å². The third kappa shape index (κ3) is 5.81. The number of ether oxygens (including phenoxy) is 1. The van der Waals surface area contributed by atoms with Crippen molar-refractivity contribution >= 4 is 43.8 Å². The van der Waals surface area contributed by atoms with Gasteiger partial charge in [-0.25, -0.2) is 0 Å². The van der Waals surface area contributed by atoms with E-state index in [2.05, 4.69) is 43.8 Å². The van der Waals surface area contributed by atoms with E-state index in [9.17, 15) is 10.1 Å². The molecule has 6 heteroatoms. The molecule has 2 rings (SSSR count).